The maximum absolute atomic E-state index is 15.5. The van der Waals surface area contributed by atoms with Crippen LogP contribution in [0.25, 0.3) is 0 Å². The SMILES string of the molecule is Cc1cc(CN2CCC(c3c(F)cc4c(c3F)CN(C3CCC(=O)NC3=O)C4=O)CC2)on1. The number of carbonyl (C=O) groups is 3. The zero-order valence-corrected chi connectivity index (χ0v) is 18.2. The Morgan fingerprint density at radius 1 is 1.15 bits per heavy atom. The second-order valence-electron chi connectivity index (χ2n) is 9.00. The van der Waals surface area contributed by atoms with Crippen LogP contribution in [0.1, 0.15) is 64.5 Å². The number of benzene rings is 1. The summed E-state index contributed by atoms with van der Waals surface area (Å²) >= 11 is 0. The van der Waals surface area contributed by atoms with E-state index in [1.54, 1.807) is 0 Å². The highest BCUT2D eigenvalue weighted by molar-refractivity contribution is 6.05. The zero-order chi connectivity index (χ0) is 23.3. The fourth-order valence-electron chi connectivity index (χ4n) is 5.12. The minimum atomic E-state index is -0.864. The van der Waals surface area contributed by atoms with Crippen molar-refractivity contribution >= 4 is 17.7 Å². The fraction of sp³-hybridized carbons (Fsp3) is 0.478. The summed E-state index contributed by atoms with van der Waals surface area (Å²) in [5, 5.41) is 6.09. The number of amides is 3. The molecule has 3 aliphatic heterocycles. The van der Waals surface area contributed by atoms with Crippen LogP contribution in [0, 0.1) is 18.6 Å². The van der Waals surface area contributed by atoms with Crippen molar-refractivity contribution in [1.29, 1.82) is 0 Å². The Morgan fingerprint density at radius 2 is 1.91 bits per heavy atom. The number of fused-ring (bicyclic) bond motifs is 1. The summed E-state index contributed by atoms with van der Waals surface area (Å²) in [5.41, 5.74) is 0.905. The summed E-state index contributed by atoms with van der Waals surface area (Å²) < 4.78 is 35.8. The summed E-state index contributed by atoms with van der Waals surface area (Å²) in [6.07, 6.45) is 1.42. The Balaban J connectivity index is 1.32. The number of nitrogens with one attached hydrogen (secondary N) is 1. The van der Waals surface area contributed by atoms with E-state index in [1.165, 1.54) is 4.90 Å². The van der Waals surface area contributed by atoms with Crippen LogP contribution >= 0.6 is 0 Å². The number of rotatable bonds is 4. The van der Waals surface area contributed by atoms with E-state index >= 15 is 8.78 Å². The Bertz CT molecular complexity index is 1140. The quantitative estimate of drug-likeness (QED) is 0.707. The number of carbonyl (C=O) groups excluding carboxylic acids is 3. The number of nitrogens with zero attached hydrogens (tertiary/aromatic N) is 3. The Morgan fingerprint density at radius 3 is 2.58 bits per heavy atom. The molecule has 2 aromatic rings. The molecule has 4 heterocycles. The highest BCUT2D eigenvalue weighted by atomic mass is 19.1. The van der Waals surface area contributed by atoms with Gasteiger partial charge in [0.2, 0.25) is 11.8 Å². The summed E-state index contributed by atoms with van der Waals surface area (Å²) in [5.74, 6) is -2.53. The van der Waals surface area contributed by atoms with Gasteiger partial charge in [0.15, 0.2) is 5.76 Å². The van der Waals surface area contributed by atoms with Crippen LogP contribution in [0.3, 0.4) is 0 Å². The molecule has 1 atom stereocenters. The molecule has 10 heteroatoms. The lowest BCUT2D eigenvalue weighted by Gasteiger charge is -2.32. The van der Waals surface area contributed by atoms with Gasteiger partial charge in [-0.15, -0.1) is 0 Å². The molecule has 174 valence electrons. The fourth-order valence-corrected chi connectivity index (χ4v) is 5.12. The average Bonchev–Trinajstić information content (AvgIpc) is 3.33. The number of likely N-dealkylation sites (tertiary alicyclic amines) is 1. The molecule has 3 amide bonds. The van der Waals surface area contributed by atoms with E-state index in [4.69, 9.17) is 4.52 Å². The average molecular weight is 458 g/mol. The molecule has 2 fully saturated rings. The molecule has 3 aliphatic rings. The van der Waals surface area contributed by atoms with Gasteiger partial charge in [0, 0.05) is 23.6 Å². The van der Waals surface area contributed by atoms with Crippen LogP contribution in [0.15, 0.2) is 16.7 Å². The van der Waals surface area contributed by atoms with E-state index in [2.05, 4.69) is 15.4 Å². The summed E-state index contributed by atoms with van der Waals surface area (Å²) in [4.78, 5) is 39.9. The number of piperidine rings is 2. The number of hydrogen-bond acceptors (Lipinski definition) is 6. The highest BCUT2D eigenvalue weighted by Crippen LogP contribution is 2.38. The molecule has 1 unspecified atom stereocenters. The third kappa shape index (κ3) is 3.92. The third-order valence-corrected chi connectivity index (χ3v) is 6.81. The van der Waals surface area contributed by atoms with Gasteiger partial charge in [0.05, 0.1) is 24.3 Å². The molecule has 0 bridgehead atoms. The van der Waals surface area contributed by atoms with Crippen LogP contribution in [-0.2, 0) is 22.7 Å². The van der Waals surface area contributed by atoms with Crippen molar-refractivity contribution in [3.8, 4) is 0 Å². The van der Waals surface area contributed by atoms with Gasteiger partial charge >= 0.3 is 0 Å². The van der Waals surface area contributed by atoms with Gasteiger partial charge in [-0.1, -0.05) is 5.16 Å². The first-order chi connectivity index (χ1) is 15.8. The van der Waals surface area contributed by atoms with Crippen molar-refractivity contribution < 1.29 is 27.7 Å². The van der Waals surface area contributed by atoms with Crippen molar-refractivity contribution in [3.05, 3.63) is 51.9 Å². The van der Waals surface area contributed by atoms with Gasteiger partial charge < -0.3 is 9.42 Å². The zero-order valence-electron chi connectivity index (χ0n) is 18.2. The van der Waals surface area contributed by atoms with E-state index in [-0.39, 0.29) is 42.0 Å². The Kier molecular flexibility index (Phi) is 5.48. The van der Waals surface area contributed by atoms with E-state index < -0.39 is 35.4 Å². The standard InChI is InChI=1S/C23H24F2N4O4/c1-12-8-14(33-27-12)10-28-6-4-13(5-7-28)20-17(24)9-15-16(21(20)25)11-29(23(15)32)18-2-3-19(30)26-22(18)31/h8-9,13,18H,2-7,10-11H2,1H3,(H,26,30,31). The first-order valence-corrected chi connectivity index (χ1v) is 11.1. The molecule has 0 radical (unpaired) electrons. The van der Waals surface area contributed by atoms with E-state index in [0.29, 0.717) is 32.5 Å². The number of aromatic nitrogens is 1. The monoisotopic (exact) mass is 458 g/mol. The van der Waals surface area contributed by atoms with Gasteiger partial charge in [-0.2, -0.15) is 0 Å². The second kappa shape index (κ2) is 8.33. The summed E-state index contributed by atoms with van der Waals surface area (Å²) in [6, 6.07) is 2.11. The van der Waals surface area contributed by atoms with E-state index in [1.807, 2.05) is 13.0 Å². The maximum atomic E-state index is 15.5. The molecular weight excluding hydrogens is 434 g/mol. The summed E-state index contributed by atoms with van der Waals surface area (Å²) in [7, 11) is 0. The topological polar surface area (TPSA) is 95.8 Å². The summed E-state index contributed by atoms with van der Waals surface area (Å²) in [6.45, 7) is 3.65. The van der Waals surface area contributed by atoms with Gasteiger partial charge in [-0.25, -0.2) is 8.78 Å². The number of aryl methyl sites for hydroxylation is 1. The van der Waals surface area contributed by atoms with Crippen LogP contribution < -0.4 is 5.32 Å². The lowest BCUT2D eigenvalue weighted by molar-refractivity contribution is -0.136. The predicted octanol–water partition coefficient (Wildman–Crippen LogP) is 2.40. The first kappa shape index (κ1) is 21.7. The van der Waals surface area contributed by atoms with Crippen molar-refractivity contribution in [2.45, 2.75) is 57.7 Å². The molecule has 5 rings (SSSR count). The van der Waals surface area contributed by atoms with Gasteiger partial charge in [-0.05, 0) is 51.3 Å². The maximum Gasteiger partial charge on any atom is 0.255 e. The largest absolute Gasteiger partial charge is 0.360 e. The number of imide groups is 1. The van der Waals surface area contributed by atoms with Crippen LogP contribution in [-0.4, -0.2) is 51.8 Å². The van der Waals surface area contributed by atoms with Crippen LogP contribution in [0.5, 0.6) is 0 Å². The van der Waals surface area contributed by atoms with Gasteiger partial charge in [0.1, 0.15) is 17.7 Å². The lowest BCUT2D eigenvalue weighted by atomic mass is 9.86. The lowest BCUT2D eigenvalue weighted by Crippen LogP contribution is -2.52. The molecule has 1 aromatic heterocycles. The molecular formula is C23H24F2N4O4. The normalized spacial score (nSPS) is 22.1. The minimum Gasteiger partial charge on any atom is -0.360 e. The minimum absolute atomic E-state index is 0.0156. The van der Waals surface area contributed by atoms with E-state index in [9.17, 15) is 14.4 Å². The molecule has 33 heavy (non-hydrogen) atoms. The molecule has 8 nitrogen and oxygen atoms in total. The second-order valence-corrected chi connectivity index (χ2v) is 9.00. The Labute approximate surface area is 188 Å². The van der Waals surface area contributed by atoms with Crippen molar-refractivity contribution in [3.63, 3.8) is 0 Å². The third-order valence-electron chi connectivity index (χ3n) is 6.81. The van der Waals surface area contributed by atoms with Crippen molar-refractivity contribution in [2.24, 2.45) is 0 Å². The van der Waals surface area contributed by atoms with Crippen molar-refractivity contribution in [2.75, 3.05) is 13.1 Å². The first-order valence-electron chi connectivity index (χ1n) is 11.1. The van der Waals surface area contributed by atoms with E-state index in [0.717, 1.165) is 17.5 Å². The molecule has 2 saturated heterocycles. The van der Waals surface area contributed by atoms with Crippen LogP contribution in [0.2, 0.25) is 0 Å². The molecule has 0 aliphatic carbocycles. The molecule has 1 aromatic carbocycles. The van der Waals surface area contributed by atoms with Crippen LogP contribution in [0.4, 0.5) is 8.78 Å². The van der Waals surface area contributed by atoms with Crippen molar-refractivity contribution in [1.82, 2.24) is 20.3 Å². The number of halogens is 2. The number of hydrogen-bond donors (Lipinski definition) is 1. The Hall–Kier alpha value is -3.14. The smallest absolute Gasteiger partial charge is 0.255 e. The van der Waals surface area contributed by atoms with Gasteiger partial charge in [-0.3, -0.25) is 24.6 Å². The molecule has 0 spiro atoms. The molecule has 1 N–H and O–H groups in total. The highest BCUT2D eigenvalue weighted by Gasteiger charge is 2.42. The molecule has 0 saturated carbocycles. The predicted molar refractivity (Wildman–Crippen MR) is 111 cm³/mol. The van der Waals surface area contributed by atoms with Gasteiger partial charge in [0.25, 0.3) is 5.91 Å².